The molecule has 0 saturated carbocycles. The van der Waals surface area contributed by atoms with Gasteiger partial charge in [0.1, 0.15) is 9.84 Å². The van der Waals surface area contributed by atoms with E-state index >= 15 is 0 Å². The molecule has 17 heavy (non-hydrogen) atoms. The van der Waals surface area contributed by atoms with Gasteiger partial charge in [-0.05, 0) is 26.3 Å². The van der Waals surface area contributed by atoms with Crippen LogP contribution in [0.1, 0.15) is 33.1 Å². The van der Waals surface area contributed by atoms with Crippen LogP contribution in [0.4, 0.5) is 0 Å². The molecule has 1 amide bonds. The van der Waals surface area contributed by atoms with E-state index in [4.69, 9.17) is 0 Å². The normalized spacial score (nSPS) is 13.4. The second kappa shape index (κ2) is 8.47. The molecule has 1 atom stereocenters. The Morgan fingerprint density at radius 2 is 1.94 bits per heavy atom. The SMILES string of the molecule is CCC(C)NC(=O)CCNCCCS(C)(=O)=O. The van der Waals surface area contributed by atoms with Gasteiger partial charge in [0.25, 0.3) is 0 Å². The largest absolute Gasteiger partial charge is 0.354 e. The van der Waals surface area contributed by atoms with E-state index in [1.807, 2.05) is 13.8 Å². The summed E-state index contributed by atoms with van der Waals surface area (Å²) in [5.74, 6) is 0.231. The zero-order valence-corrected chi connectivity index (χ0v) is 11.8. The Bertz CT molecular complexity index is 315. The Hall–Kier alpha value is -0.620. The fourth-order valence-corrected chi connectivity index (χ4v) is 1.90. The van der Waals surface area contributed by atoms with Crippen LogP contribution in [0.25, 0.3) is 0 Å². The molecule has 0 heterocycles. The van der Waals surface area contributed by atoms with Crippen molar-refractivity contribution in [3.8, 4) is 0 Å². The second-order valence-corrected chi connectivity index (χ2v) is 6.62. The van der Waals surface area contributed by atoms with E-state index in [1.54, 1.807) is 0 Å². The summed E-state index contributed by atoms with van der Waals surface area (Å²) >= 11 is 0. The first-order valence-electron chi connectivity index (χ1n) is 6.03. The zero-order valence-electron chi connectivity index (χ0n) is 11.0. The maximum Gasteiger partial charge on any atom is 0.221 e. The highest BCUT2D eigenvalue weighted by atomic mass is 32.2. The molecule has 6 heteroatoms. The highest BCUT2D eigenvalue weighted by Crippen LogP contribution is 1.90. The predicted molar refractivity (Wildman–Crippen MR) is 69.7 cm³/mol. The van der Waals surface area contributed by atoms with Crippen molar-refractivity contribution in [2.45, 2.75) is 39.2 Å². The Kier molecular flexibility index (Phi) is 8.16. The maximum absolute atomic E-state index is 11.4. The number of sulfone groups is 1. The highest BCUT2D eigenvalue weighted by molar-refractivity contribution is 7.90. The van der Waals surface area contributed by atoms with Gasteiger partial charge in [-0.1, -0.05) is 6.92 Å². The summed E-state index contributed by atoms with van der Waals surface area (Å²) < 4.78 is 21.7. The highest BCUT2D eigenvalue weighted by Gasteiger charge is 2.05. The summed E-state index contributed by atoms with van der Waals surface area (Å²) in [5.41, 5.74) is 0. The molecule has 0 aliphatic rings. The van der Waals surface area contributed by atoms with Crippen molar-refractivity contribution in [3.05, 3.63) is 0 Å². The smallest absolute Gasteiger partial charge is 0.221 e. The topological polar surface area (TPSA) is 75.3 Å². The molecule has 0 rings (SSSR count). The fraction of sp³-hybridized carbons (Fsp3) is 0.909. The van der Waals surface area contributed by atoms with Gasteiger partial charge in [-0.15, -0.1) is 0 Å². The van der Waals surface area contributed by atoms with Crippen LogP contribution in [0.2, 0.25) is 0 Å². The van der Waals surface area contributed by atoms with Gasteiger partial charge in [0.05, 0.1) is 5.75 Å². The first kappa shape index (κ1) is 16.4. The van der Waals surface area contributed by atoms with E-state index in [1.165, 1.54) is 6.26 Å². The zero-order chi connectivity index (χ0) is 13.3. The molecule has 0 aliphatic carbocycles. The lowest BCUT2D eigenvalue weighted by molar-refractivity contribution is -0.121. The molecule has 0 aromatic carbocycles. The minimum Gasteiger partial charge on any atom is -0.354 e. The number of hydrogen-bond acceptors (Lipinski definition) is 4. The fourth-order valence-electron chi connectivity index (χ4n) is 1.24. The van der Waals surface area contributed by atoms with Crippen LogP contribution in [-0.2, 0) is 14.6 Å². The van der Waals surface area contributed by atoms with Crippen molar-refractivity contribution in [2.75, 3.05) is 25.1 Å². The lowest BCUT2D eigenvalue weighted by atomic mass is 10.2. The summed E-state index contributed by atoms with van der Waals surface area (Å²) in [5, 5.41) is 5.92. The van der Waals surface area contributed by atoms with Crippen LogP contribution in [0.5, 0.6) is 0 Å². The third kappa shape index (κ3) is 11.6. The van der Waals surface area contributed by atoms with Gasteiger partial charge >= 0.3 is 0 Å². The van der Waals surface area contributed by atoms with Gasteiger partial charge in [0.15, 0.2) is 0 Å². The number of nitrogens with one attached hydrogen (secondary N) is 2. The molecule has 1 unspecified atom stereocenters. The van der Waals surface area contributed by atoms with Crippen molar-refractivity contribution in [2.24, 2.45) is 0 Å². The van der Waals surface area contributed by atoms with Crippen LogP contribution < -0.4 is 10.6 Å². The van der Waals surface area contributed by atoms with E-state index in [0.717, 1.165) is 6.42 Å². The Labute approximate surface area is 104 Å². The molecule has 0 saturated heterocycles. The van der Waals surface area contributed by atoms with E-state index in [-0.39, 0.29) is 17.7 Å². The van der Waals surface area contributed by atoms with Crippen LogP contribution in [0, 0.1) is 0 Å². The van der Waals surface area contributed by atoms with Crippen molar-refractivity contribution in [1.82, 2.24) is 10.6 Å². The number of hydrogen-bond donors (Lipinski definition) is 2. The monoisotopic (exact) mass is 264 g/mol. The first-order chi connectivity index (χ1) is 7.85. The summed E-state index contributed by atoms with van der Waals surface area (Å²) in [6, 6.07) is 0.215. The second-order valence-electron chi connectivity index (χ2n) is 4.36. The first-order valence-corrected chi connectivity index (χ1v) is 8.09. The molecule has 0 bridgehead atoms. The molecular weight excluding hydrogens is 240 g/mol. The van der Waals surface area contributed by atoms with Gasteiger partial charge in [-0.25, -0.2) is 8.42 Å². The van der Waals surface area contributed by atoms with Crippen molar-refractivity contribution in [1.29, 1.82) is 0 Å². The molecule has 0 aromatic heterocycles. The maximum atomic E-state index is 11.4. The van der Waals surface area contributed by atoms with Gasteiger partial charge in [-0.2, -0.15) is 0 Å². The number of amides is 1. The number of carbonyl (C=O) groups is 1. The Balaban J connectivity index is 3.43. The molecule has 2 N–H and O–H groups in total. The minimum atomic E-state index is -2.87. The van der Waals surface area contributed by atoms with Gasteiger partial charge < -0.3 is 10.6 Å². The van der Waals surface area contributed by atoms with Crippen molar-refractivity contribution < 1.29 is 13.2 Å². The predicted octanol–water partition coefficient (Wildman–Crippen LogP) is 0.316. The number of carbonyl (C=O) groups excluding carboxylic acids is 1. The molecule has 0 fully saturated rings. The number of rotatable bonds is 9. The van der Waals surface area contributed by atoms with E-state index in [0.29, 0.717) is 25.9 Å². The molecule has 5 nitrogen and oxygen atoms in total. The molecule has 0 radical (unpaired) electrons. The average Bonchev–Trinajstić information content (AvgIpc) is 2.21. The van der Waals surface area contributed by atoms with E-state index in [2.05, 4.69) is 10.6 Å². The Morgan fingerprint density at radius 3 is 2.47 bits per heavy atom. The molecule has 0 aromatic rings. The third-order valence-corrected chi connectivity index (χ3v) is 3.45. The average molecular weight is 264 g/mol. The molecule has 102 valence electrons. The molecular formula is C11H24N2O3S. The van der Waals surface area contributed by atoms with Crippen LogP contribution in [-0.4, -0.2) is 45.5 Å². The van der Waals surface area contributed by atoms with Crippen molar-refractivity contribution >= 4 is 15.7 Å². The van der Waals surface area contributed by atoms with Gasteiger partial charge in [-0.3, -0.25) is 4.79 Å². The van der Waals surface area contributed by atoms with Crippen molar-refractivity contribution in [3.63, 3.8) is 0 Å². The molecule has 0 aliphatic heterocycles. The van der Waals surface area contributed by atoms with Crippen LogP contribution >= 0.6 is 0 Å². The lowest BCUT2D eigenvalue weighted by Crippen LogP contribution is -2.34. The summed E-state index contributed by atoms with van der Waals surface area (Å²) in [7, 11) is -2.87. The van der Waals surface area contributed by atoms with Crippen LogP contribution in [0.3, 0.4) is 0 Å². The van der Waals surface area contributed by atoms with Crippen LogP contribution in [0.15, 0.2) is 0 Å². The third-order valence-electron chi connectivity index (χ3n) is 2.42. The van der Waals surface area contributed by atoms with E-state index < -0.39 is 9.84 Å². The minimum absolute atomic E-state index is 0.0370. The summed E-state index contributed by atoms with van der Waals surface area (Å²) in [4.78, 5) is 11.4. The quantitative estimate of drug-likeness (QED) is 0.588. The molecule has 0 spiro atoms. The summed E-state index contributed by atoms with van der Waals surface area (Å²) in [6.07, 6.45) is 3.18. The standard InChI is InChI=1S/C11H24N2O3S/c1-4-10(2)13-11(14)6-8-12-7-5-9-17(3,15)16/h10,12H,4-9H2,1-3H3,(H,13,14). The summed E-state index contributed by atoms with van der Waals surface area (Å²) in [6.45, 7) is 5.21. The van der Waals surface area contributed by atoms with Gasteiger partial charge in [0.2, 0.25) is 5.91 Å². The van der Waals surface area contributed by atoms with Gasteiger partial charge in [0, 0.05) is 25.3 Å². The van der Waals surface area contributed by atoms with E-state index in [9.17, 15) is 13.2 Å². The Morgan fingerprint density at radius 1 is 1.29 bits per heavy atom. The lowest BCUT2D eigenvalue weighted by Gasteiger charge is -2.11.